The first-order valence-electron chi connectivity index (χ1n) is 11.6. The van der Waals surface area contributed by atoms with E-state index in [1.54, 1.807) is 10.6 Å². The second-order valence-electron chi connectivity index (χ2n) is 8.48. The van der Waals surface area contributed by atoms with E-state index in [9.17, 15) is 13.2 Å². The molecule has 0 amide bonds. The molecular formula is C26H26F3N5O. The van der Waals surface area contributed by atoms with Crippen molar-refractivity contribution in [2.75, 3.05) is 44.7 Å². The van der Waals surface area contributed by atoms with Crippen LogP contribution in [0, 0.1) is 0 Å². The lowest BCUT2D eigenvalue weighted by atomic mass is 10.1. The Balaban J connectivity index is 1.50. The number of hydrogen-bond acceptors (Lipinski definition) is 5. The second kappa shape index (κ2) is 10.1. The summed E-state index contributed by atoms with van der Waals surface area (Å²) in [5, 5.41) is 4.22. The summed E-state index contributed by atoms with van der Waals surface area (Å²) in [7, 11) is 0. The van der Waals surface area contributed by atoms with E-state index in [-0.39, 0.29) is 0 Å². The van der Waals surface area contributed by atoms with E-state index in [0.29, 0.717) is 23.7 Å². The molecule has 35 heavy (non-hydrogen) atoms. The SMILES string of the molecule is FC(F)(F)c1cccc(-n2cc(-c3ccccc3)c3c(NCCCN4CCOCC4)ncnc32)c1. The Hall–Kier alpha value is -3.43. The molecule has 1 N–H and O–H groups in total. The zero-order valence-corrected chi connectivity index (χ0v) is 19.1. The lowest BCUT2D eigenvalue weighted by Crippen LogP contribution is -2.37. The van der Waals surface area contributed by atoms with E-state index in [4.69, 9.17) is 4.74 Å². The Morgan fingerprint density at radius 1 is 0.971 bits per heavy atom. The number of nitrogens with zero attached hydrogens (tertiary/aromatic N) is 4. The molecule has 1 fully saturated rings. The highest BCUT2D eigenvalue weighted by Crippen LogP contribution is 2.36. The molecule has 4 aromatic rings. The fraction of sp³-hybridized carbons (Fsp3) is 0.308. The average molecular weight is 482 g/mol. The van der Waals surface area contributed by atoms with Gasteiger partial charge in [0.05, 0.1) is 24.2 Å². The minimum Gasteiger partial charge on any atom is -0.379 e. The van der Waals surface area contributed by atoms with Crippen LogP contribution < -0.4 is 5.32 Å². The summed E-state index contributed by atoms with van der Waals surface area (Å²) in [6.45, 7) is 5.09. The Morgan fingerprint density at radius 2 is 1.77 bits per heavy atom. The molecule has 0 saturated carbocycles. The van der Waals surface area contributed by atoms with Gasteiger partial charge in [-0.15, -0.1) is 0 Å². The summed E-state index contributed by atoms with van der Waals surface area (Å²) in [5.41, 5.74) is 2.04. The molecule has 0 spiro atoms. The third kappa shape index (κ3) is 5.16. The standard InChI is InChI=1S/C26H26F3N5O/c27-26(28,29)20-8-4-9-21(16-20)34-17-22(19-6-2-1-3-7-19)23-24(31-18-32-25(23)34)30-10-5-11-33-12-14-35-15-13-33/h1-4,6-9,16-18H,5,10-15H2,(H,30,31,32). The van der Waals surface area contributed by atoms with Crippen molar-refractivity contribution in [3.05, 3.63) is 72.7 Å². The first-order valence-corrected chi connectivity index (χ1v) is 11.6. The fourth-order valence-electron chi connectivity index (χ4n) is 4.40. The number of alkyl halides is 3. The number of nitrogens with one attached hydrogen (secondary N) is 1. The predicted octanol–water partition coefficient (Wildman–Crippen LogP) is 5.24. The number of ether oxygens (including phenoxy) is 1. The number of anilines is 1. The quantitative estimate of drug-likeness (QED) is 0.366. The number of benzene rings is 2. The fourth-order valence-corrected chi connectivity index (χ4v) is 4.40. The number of fused-ring (bicyclic) bond motifs is 1. The summed E-state index contributed by atoms with van der Waals surface area (Å²) in [5.74, 6) is 0.668. The van der Waals surface area contributed by atoms with Gasteiger partial charge >= 0.3 is 6.18 Å². The normalized spacial score (nSPS) is 14.9. The summed E-state index contributed by atoms with van der Waals surface area (Å²) in [6, 6.07) is 15.0. The smallest absolute Gasteiger partial charge is 0.379 e. The molecule has 3 heterocycles. The van der Waals surface area contributed by atoms with E-state index >= 15 is 0 Å². The molecule has 0 atom stereocenters. The zero-order chi connectivity index (χ0) is 24.3. The zero-order valence-electron chi connectivity index (χ0n) is 19.1. The maximum atomic E-state index is 13.4. The topological polar surface area (TPSA) is 55.2 Å². The van der Waals surface area contributed by atoms with Crippen molar-refractivity contribution in [1.29, 1.82) is 0 Å². The van der Waals surface area contributed by atoms with Gasteiger partial charge < -0.3 is 14.6 Å². The highest BCUT2D eigenvalue weighted by molar-refractivity contribution is 6.02. The van der Waals surface area contributed by atoms with E-state index in [1.807, 2.05) is 36.5 Å². The van der Waals surface area contributed by atoms with Gasteiger partial charge in [0.1, 0.15) is 12.1 Å². The predicted molar refractivity (Wildman–Crippen MR) is 130 cm³/mol. The van der Waals surface area contributed by atoms with Gasteiger partial charge in [0.15, 0.2) is 5.65 Å². The Labute approximate surface area is 201 Å². The monoisotopic (exact) mass is 481 g/mol. The van der Waals surface area contributed by atoms with Crippen molar-refractivity contribution < 1.29 is 17.9 Å². The van der Waals surface area contributed by atoms with Crippen molar-refractivity contribution >= 4 is 16.9 Å². The first kappa shape index (κ1) is 23.3. The molecular weight excluding hydrogens is 455 g/mol. The van der Waals surface area contributed by atoms with Gasteiger partial charge in [-0.1, -0.05) is 36.4 Å². The Morgan fingerprint density at radius 3 is 2.54 bits per heavy atom. The molecule has 1 aliphatic rings. The molecule has 9 heteroatoms. The van der Waals surface area contributed by atoms with E-state index < -0.39 is 11.7 Å². The van der Waals surface area contributed by atoms with Crippen molar-refractivity contribution in [1.82, 2.24) is 19.4 Å². The van der Waals surface area contributed by atoms with Crippen LogP contribution in [-0.2, 0) is 10.9 Å². The van der Waals surface area contributed by atoms with Gasteiger partial charge in [-0.25, -0.2) is 9.97 Å². The van der Waals surface area contributed by atoms with Crippen LogP contribution in [0.4, 0.5) is 19.0 Å². The summed E-state index contributed by atoms with van der Waals surface area (Å²) in [6.07, 6.45) is -0.210. The van der Waals surface area contributed by atoms with Crippen LogP contribution >= 0.6 is 0 Å². The van der Waals surface area contributed by atoms with Gasteiger partial charge in [0.25, 0.3) is 0 Å². The first-order chi connectivity index (χ1) is 17.0. The molecule has 1 aliphatic heterocycles. The molecule has 0 bridgehead atoms. The van der Waals surface area contributed by atoms with Crippen LogP contribution in [0.3, 0.4) is 0 Å². The molecule has 1 saturated heterocycles. The van der Waals surface area contributed by atoms with E-state index in [0.717, 1.165) is 67.9 Å². The average Bonchev–Trinajstić information content (AvgIpc) is 3.28. The lowest BCUT2D eigenvalue weighted by molar-refractivity contribution is -0.137. The van der Waals surface area contributed by atoms with Gasteiger partial charge in [0.2, 0.25) is 0 Å². The summed E-state index contributed by atoms with van der Waals surface area (Å²) >= 11 is 0. The number of morpholine rings is 1. The highest BCUT2D eigenvalue weighted by Gasteiger charge is 2.30. The van der Waals surface area contributed by atoms with Gasteiger partial charge in [-0.2, -0.15) is 13.2 Å². The molecule has 0 unspecified atom stereocenters. The van der Waals surface area contributed by atoms with Crippen LogP contribution in [0.25, 0.3) is 27.8 Å². The highest BCUT2D eigenvalue weighted by atomic mass is 19.4. The number of aromatic nitrogens is 3. The van der Waals surface area contributed by atoms with Gasteiger partial charge in [-0.05, 0) is 36.7 Å². The van der Waals surface area contributed by atoms with Crippen LogP contribution in [-0.4, -0.2) is 58.8 Å². The van der Waals surface area contributed by atoms with Crippen LogP contribution in [0.15, 0.2) is 67.1 Å². The van der Waals surface area contributed by atoms with Crippen LogP contribution in [0.1, 0.15) is 12.0 Å². The maximum absolute atomic E-state index is 13.4. The molecule has 5 rings (SSSR count). The van der Waals surface area contributed by atoms with Gasteiger partial charge in [0, 0.05) is 37.1 Å². The summed E-state index contributed by atoms with van der Waals surface area (Å²) in [4.78, 5) is 11.3. The third-order valence-electron chi connectivity index (χ3n) is 6.17. The molecule has 182 valence electrons. The number of hydrogen-bond donors (Lipinski definition) is 1. The second-order valence-corrected chi connectivity index (χ2v) is 8.48. The molecule has 0 aliphatic carbocycles. The van der Waals surface area contributed by atoms with Crippen LogP contribution in [0.5, 0.6) is 0 Å². The maximum Gasteiger partial charge on any atom is 0.416 e. The minimum atomic E-state index is -4.43. The van der Waals surface area contributed by atoms with Crippen LogP contribution in [0.2, 0.25) is 0 Å². The van der Waals surface area contributed by atoms with Crippen molar-refractivity contribution in [2.45, 2.75) is 12.6 Å². The lowest BCUT2D eigenvalue weighted by Gasteiger charge is -2.26. The van der Waals surface area contributed by atoms with E-state index in [2.05, 4.69) is 20.2 Å². The molecule has 0 radical (unpaired) electrons. The van der Waals surface area contributed by atoms with Crippen molar-refractivity contribution in [2.24, 2.45) is 0 Å². The molecule has 2 aromatic carbocycles. The third-order valence-corrected chi connectivity index (χ3v) is 6.17. The molecule has 2 aromatic heterocycles. The summed E-state index contributed by atoms with van der Waals surface area (Å²) < 4.78 is 47.3. The van der Waals surface area contributed by atoms with E-state index in [1.165, 1.54) is 12.4 Å². The van der Waals surface area contributed by atoms with Gasteiger partial charge in [-0.3, -0.25) is 4.90 Å². The largest absolute Gasteiger partial charge is 0.416 e. The van der Waals surface area contributed by atoms with Crippen molar-refractivity contribution in [3.63, 3.8) is 0 Å². The number of rotatable bonds is 7. The Kier molecular flexibility index (Phi) is 6.70. The number of halogens is 3. The Bertz CT molecular complexity index is 1280. The minimum absolute atomic E-state index is 0.393. The van der Waals surface area contributed by atoms with Crippen molar-refractivity contribution in [3.8, 4) is 16.8 Å². The molecule has 6 nitrogen and oxygen atoms in total.